The molecule has 2 rings (SSSR count). The number of sulfonamides is 1. The van der Waals surface area contributed by atoms with Crippen molar-refractivity contribution in [2.24, 2.45) is 0 Å². The second-order valence-electron chi connectivity index (χ2n) is 5.03. The van der Waals surface area contributed by atoms with Gasteiger partial charge in [-0.15, -0.1) is 0 Å². The molecular weight excluding hydrogens is 367 g/mol. The third-order valence-electron chi connectivity index (χ3n) is 3.28. The molecule has 1 aliphatic heterocycles. The van der Waals surface area contributed by atoms with Gasteiger partial charge < -0.3 is 5.73 Å². The second-order valence-corrected chi connectivity index (χ2v) is 9.30. The van der Waals surface area contributed by atoms with E-state index in [1.54, 1.807) is 11.8 Å². The highest BCUT2D eigenvalue weighted by Gasteiger charge is 2.31. The lowest BCUT2D eigenvalue weighted by Gasteiger charge is -2.23. The highest BCUT2D eigenvalue weighted by molar-refractivity contribution is 9.10. The molecule has 0 radical (unpaired) electrons. The Morgan fingerprint density at radius 1 is 1.55 bits per heavy atom. The molecule has 1 aromatic rings. The van der Waals surface area contributed by atoms with Crippen LogP contribution in [0.4, 0.5) is 10.1 Å². The molecule has 20 heavy (non-hydrogen) atoms. The van der Waals surface area contributed by atoms with Gasteiger partial charge in [-0.25, -0.2) is 17.5 Å². The quantitative estimate of drug-likeness (QED) is 0.785. The lowest BCUT2D eigenvalue weighted by atomic mass is 10.1. The topological polar surface area (TPSA) is 72.2 Å². The molecule has 112 valence electrons. The highest BCUT2D eigenvalue weighted by Crippen LogP contribution is 2.37. The zero-order chi connectivity index (χ0) is 15.0. The largest absolute Gasteiger partial charge is 0.398 e. The minimum absolute atomic E-state index is 0.0773. The van der Waals surface area contributed by atoms with Crippen molar-refractivity contribution in [1.82, 2.24) is 4.72 Å². The maximum atomic E-state index is 13.3. The van der Waals surface area contributed by atoms with E-state index in [1.165, 1.54) is 6.07 Å². The Hall–Kier alpha value is -0.310. The summed E-state index contributed by atoms with van der Waals surface area (Å²) < 4.78 is 40.4. The Morgan fingerprint density at radius 2 is 2.25 bits per heavy atom. The van der Waals surface area contributed by atoms with Gasteiger partial charge in [0.2, 0.25) is 10.0 Å². The van der Waals surface area contributed by atoms with Crippen LogP contribution in [0, 0.1) is 5.82 Å². The lowest BCUT2D eigenvalue weighted by molar-refractivity contribution is 0.552. The van der Waals surface area contributed by atoms with Crippen LogP contribution in [-0.2, 0) is 10.0 Å². The fourth-order valence-electron chi connectivity index (χ4n) is 2.08. The summed E-state index contributed by atoms with van der Waals surface area (Å²) in [6.07, 6.45) is 2.07. The SMILES string of the molecule is CC1(CNS(=O)(=O)c2cc(Br)c(F)cc2N)CCCS1. The number of hydrogen-bond donors (Lipinski definition) is 2. The number of benzene rings is 1. The summed E-state index contributed by atoms with van der Waals surface area (Å²) in [4.78, 5) is -0.0997. The van der Waals surface area contributed by atoms with Crippen molar-refractivity contribution >= 4 is 43.4 Å². The van der Waals surface area contributed by atoms with Gasteiger partial charge in [0, 0.05) is 11.3 Å². The minimum Gasteiger partial charge on any atom is -0.398 e. The molecule has 0 spiro atoms. The predicted octanol–water partition coefficient (Wildman–Crippen LogP) is 2.73. The third kappa shape index (κ3) is 3.47. The first-order valence-electron chi connectivity index (χ1n) is 6.12. The summed E-state index contributed by atoms with van der Waals surface area (Å²) in [5, 5.41) is 0. The Labute approximate surface area is 130 Å². The predicted molar refractivity (Wildman–Crippen MR) is 83.8 cm³/mol. The third-order valence-corrected chi connectivity index (χ3v) is 6.88. The first-order valence-corrected chi connectivity index (χ1v) is 9.38. The van der Waals surface area contributed by atoms with Crippen molar-refractivity contribution in [2.75, 3.05) is 18.0 Å². The van der Waals surface area contributed by atoms with Gasteiger partial charge >= 0.3 is 0 Å². The highest BCUT2D eigenvalue weighted by atomic mass is 79.9. The van der Waals surface area contributed by atoms with Crippen molar-refractivity contribution in [3.05, 3.63) is 22.4 Å². The maximum absolute atomic E-state index is 13.3. The van der Waals surface area contributed by atoms with Crippen molar-refractivity contribution < 1.29 is 12.8 Å². The molecule has 0 saturated carbocycles. The van der Waals surface area contributed by atoms with Crippen LogP contribution in [0.2, 0.25) is 0 Å². The molecule has 0 amide bonds. The fourth-order valence-corrected chi connectivity index (χ4v) is 5.22. The molecule has 1 atom stereocenters. The van der Waals surface area contributed by atoms with Crippen LogP contribution in [0.25, 0.3) is 0 Å². The number of halogens is 2. The molecule has 1 aromatic carbocycles. The van der Waals surface area contributed by atoms with Crippen molar-refractivity contribution in [2.45, 2.75) is 29.4 Å². The smallest absolute Gasteiger partial charge is 0.242 e. The van der Waals surface area contributed by atoms with Gasteiger partial charge in [-0.3, -0.25) is 0 Å². The lowest BCUT2D eigenvalue weighted by Crippen LogP contribution is -2.37. The number of hydrogen-bond acceptors (Lipinski definition) is 4. The number of nitrogens with one attached hydrogen (secondary N) is 1. The fraction of sp³-hybridized carbons (Fsp3) is 0.500. The van der Waals surface area contributed by atoms with Crippen LogP contribution >= 0.6 is 27.7 Å². The van der Waals surface area contributed by atoms with Gasteiger partial charge in [-0.05, 0) is 53.6 Å². The van der Waals surface area contributed by atoms with Crippen molar-refractivity contribution in [3.8, 4) is 0 Å². The summed E-state index contributed by atoms with van der Waals surface area (Å²) in [5.41, 5.74) is 5.51. The molecule has 4 nitrogen and oxygen atoms in total. The van der Waals surface area contributed by atoms with E-state index in [0.717, 1.165) is 24.7 Å². The summed E-state index contributed by atoms with van der Waals surface area (Å²) in [6.45, 7) is 2.38. The zero-order valence-corrected chi connectivity index (χ0v) is 14.2. The van der Waals surface area contributed by atoms with Gasteiger partial charge in [-0.2, -0.15) is 11.8 Å². The Morgan fingerprint density at radius 3 is 2.85 bits per heavy atom. The van der Waals surface area contributed by atoms with Crippen LogP contribution in [0.3, 0.4) is 0 Å². The normalized spacial score (nSPS) is 23.1. The summed E-state index contributed by atoms with van der Waals surface area (Å²) in [5.74, 6) is 0.461. The molecule has 3 N–H and O–H groups in total. The van der Waals surface area contributed by atoms with Crippen LogP contribution in [0.5, 0.6) is 0 Å². The average molecular weight is 383 g/mol. The Balaban J connectivity index is 2.20. The van der Waals surface area contributed by atoms with Crippen molar-refractivity contribution in [3.63, 3.8) is 0 Å². The molecule has 1 unspecified atom stereocenters. The minimum atomic E-state index is -3.74. The van der Waals surface area contributed by atoms with E-state index in [4.69, 9.17) is 5.73 Å². The van der Waals surface area contributed by atoms with E-state index in [9.17, 15) is 12.8 Å². The number of nitrogens with two attached hydrogens (primary N) is 1. The molecule has 1 heterocycles. The maximum Gasteiger partial charge on any atom is 0.242 e. The van der Waals surface area contributed by atoms with Crippen LogP contribution in [-0.4, -0.2) is 25.5 Å². The van der Waals surface area contributed by atoms with Gasteiger partial charge in [0.15, 0.2) is 0 Å². The van der Waals surface area contributed by atoms with Gasteiger partial charge in [-0.1, -0.05) is 0 Å². The second kappa shape index (κ2) is 5.82. The number of anilines is 1. The molecule has 8 heteroatoms. The van der Waals surface area contributed by atoms with Crippen molar-refractivity contribution in [1.29, 1.82) is 0 Å². The molecule has 1 saturated heterocycles. The first-order chi connectivity index (χ1) is 9.23. The molecule has 1 fully saturated rings. The average Bonchev–Trinajstić information content (AvgIpc) is 2.79. The van der Waals surface area contributed by atoms with Gasteiger partial charge in [0.05, 0.1) is 10.2 Å². The van der Waals surface area contributed by atoms with E-state index in [0.29, 0.717) is 6.54 Å². The molecular formula is C12H16BrFN2O2S2. The van der Waals surface area contributed by atoms with Crippen LogP contribution in [0.1, 0.15) is 19.8 Å². The number of nitrogen functional groups attached to an aromatic ring is 1. The summed E-state index contributed by atoms with van der Waals surface area (Å²) in [6, 6.07) is 2.20. The molecule has 0 aliphatic carbocycles. The van der Waals surface area contributed by atoms with E-state index >= 15 is 0 Å². The summed E-state index contributed by atoms with van der Waals surface area (Å²) >= 11 is 4.74. The van der Waals surface area contributed by atoms with Crippen LogP contribution < -0.4 is 10.5 Å². The standard InChI is InChI=1S/C12H16BrFN2O2S2/c1-12(3-2-4-19-12)7-16-20(17,18)11-5-8(13)9(14)6-10(11)15/h5-6,16H,2-4,7,15H2,1H3. The molecule has 0 bridgehead atoms. The number of thioether (sulfide) groups is 1. The molecule has 0 aromatic heterocycles. The first kappa shape index (κ1) is 16.1. The monoisotopic (exact) mass is 382 g/mol. The van der Waals surface area contributed by atoms with Crippen LogP contribution in [0.15, 0.2) is 21.5 Å². The van der Waals surface area contributed by atoms with E-state index < -0.39 is 15.8 Å². The van der Waals surface area contributed by atoms with E-state index in [1.807, 2.05) is 6.92 Å². The molecule has 1 aliphatic rings. The Bertz CT molecular complexity index is 616. The van der Waals surface area contributed by atoms with E-state index in [2.05, 4.69) is 20.7 Å². The zero-order valence-electron chi connectivity index (χ0n) is 10.9. The summed E-state index contributed by atoms with van der Waals surface area (Å²) in [7, 11) is -3.74. The van der Waals surface area contributed by atoms with Gasteiger partial charge in [0.1, 0.15) is 10.7 Å². The number of rotatable bonds is 4. The van der Waals surface area contributed by atoms with E-state index in [-0.39, 0.29) is 19.8 Å². The van der Waals surface area contributed by atoms with Gasteiger partial charge in [0.25, 0.3) is 0 Å². The Kier molecular flexibility index (Phi) is 4.68.